The first-order valence-corrected chi connectivity index (χ1v) is 9.51. The van der Waals surface area contributed by atoms with Gasteiger partial charge in [-0.3, -0.25) is 4.90 Å². The molecule has 0 aromatic rings. The Morgan fingerprint density at radius 2 is 1.67 bits per heavy atom. The number of rotatable bonds is 3. The molecule has 5 fully saturated rings. The van der Waals surface area contributed by atoms with Gasteiger partial charge in [0.2, 0.25) is 0 Å². The van der Waals surface area contributed by atoms with Crippen molar-refractivity contribution in [3.63, 3.8) is 0 Å². The smallest absolute Gasteiger partial charge is 0.0278 e. The molecule has 4 saturated carbocycles. The zero-order chi connectivity index (χ0) is 14.7. The molecule has 4 bridgehead atoms. The van der Waals surface area contributed by atoms with Crippen LogP contribution < -0.4 is 5.32 Å². The molecule has 0 aromatic heterocycles. The van der Waals surface area contributed by atoms with Gasteiger partial charge in [-0.2, -0.15) is 0 Å². The van der Waals surface area contributed by atoms with Crippen molar-refractivity contribution in [2.75, 3.05) is 19.6 Å². The monoisotopic (exact) mass is 290 g/mol. The van der Waals surface area contributed by atoms with E-state index in [1.807, 2.05) is 0 Å². The Kier molecular flexibility index (Phi) is 3.43. The van der Waals surface area contributed by atoms with Crippen molar-refractivity contribution in [3.8, 4) is 0 Å². The highest BCUT2D eigenvalue weighted by molar-refractivity contribution is 5.06. The fourth-order valence-corrected chi connectivity index (χ4v) is 6.73. The van der Waals surface area contributed by atoms with Gasteiger partial charge in [0.1, 0.15) is 0 Å². The zero-order valence-corrected chi connectivity index (χ0v) is 14.3. The van der Waals surface area contributed by atoms with Gasteiger partial charge in [0.15, 0.2) is 0 Å². The van der Waals surface area contributed by atoms with Crippen LogP contribution >= 0.6 is 0 Å². The van der Waals surface area contributed by atoms with Crippen LogP contribution in [0.5, 0.6) is 0 Å². The molecule has 21 heavy (non-hydrogen) atoms. The van der Waals surface area contributed by atoms with Gasteiger partial charge in [-0.15, -0.1) is 0 Å². The molecule has 2 nitrogen and oxygen atoms in total. The molecule has 120 valence electrons. The Balaban J connectivity index is 1.53. The number of hydrogen-bond donors (Lipinski definition) is 1. The van der Waals surface area contributed by atoms with Crippen molar-refractivity contribution in [1.29, 1.82) is 0 Å². The predicted molar refractivity (Wildman–Crippen MR) is 88.3 cm³/mol. The van der Waals surface area contributed by atoms with Crippen molar-refractivity contribution in [2.24, 2.45) is 23.2 Å². The van der Waals surface area contributed by atoms with Gasteiger partial charge in [0.25, 0.3) is 0 Å². The van der Waals surface area contributed by atoms with Gasteiger partial charge in [-0.1, -0.05) is 6.92 Å². The summed E-state index contributed by atoms with van der Waals surface area (Å²) >= 11 is 0. The fraction of sp³-hybridized carbons (Fsp3) is 1.00. The van der Waals surface area contributed by atoms with Crippen molar-refractivity contribution >= 4 is 0 Å². The topological polar surface area (TPSA) is 15.3 Å². The molecule has 1 N–H and O–H groups in total. The first-order chi connectivity index (χ1) is 10.0. The molecule has 0 radical (unpaired) electrons. The van der Waals surface area contributed by atoms with E-state index in [0.29, 0.717) is 11.0 Å². The summed E-state index contributed by atoms with van der Waals surface area (Å²) in [5.41, 5.74) is 1.02. The first kappa shape index (κ1) is 14.5. The molecule has 0 spiro atoms. The minimum atomic E-state index is 0.342. The van der Waals surface area contributed by atoms with Crippen LogP contribution in [0, 0.1) is 23.2 Å². The van der Waals surface area contributed by atoms with Crippen molar-refractivity contribution in [2.45, 2.75) is 77.3 Å². The maximum atomic E-state index is 3.76. The summed E-state index contributed by atoms with van der Waals surface area (Å²) < 4.78 is 0. The molecule has 5 aliphatic rings. The second-order valence-electron chi connectivity index (χ2n) is 9.27. The van der Waals surface area contributed by atoms with E-state index in [4.69, 9.17) is 0 Å². The molecule has 2 atom stereocenters. The maximum Gasteiger partial charge on any atom is 0.0278 e. The molecule has 1 saturated heterocycles. The van der Waals surface area contributed by atoms with Crippen LogP contribution in [0.3, 0.4) is 0 Å². The van der Waals surface area contributed by atoms with E-state index in [0.717, 1.165) is 23.8 Å². The van der Waals surface area contributed by atoms with Gasteiger partial charge in [0, 0.05) is 31.2 Å². The van der Waals surface area contributed by atoms with Gasteiger partial charge < -0.3 is 5.32 Å². The Hall–Kier alpha value is -0.0800. The van der Waals surface area contributed by atoms with Crippen LogP contribution in [0.2, 0.25) is 0 Å². The van der Waals surface area contributed by atoms with Gasteiger partial charge in [-0.25, -0.2) is 0 Å². The normalized spacial score (nSPS) is 51.3. The Labute approximate surface area is 131 Å². The third kappa shape index (κ3) is 2.37. The van der Waals surface area contributed by atoms with E-state index >= 15 is 0 Å². The van der Waals surface area contributed by atoms with Crippen LogP contribution in [0.1, 0.15) is 65.7 Å². The van der Waals surface area contributed by atoms with Crippen molar-refractivity contribution < 1.29 is 0 Å². The first-order valence-electron chi connectivity index (χ1n) is 9.51. The van der Waals surface area contributed by atoms with Gasteiger partial charge in [-0.05, 0) is 82.0 Å². The second kappa shape index (κ2) is 4.96. The van der Waals surface area contributed by atoms with Crippen LogP contribution in [0.15, 0.2) is 0 Å². The molecule has 1 heterocycles. The lowest BCUT2D eigenvalue weighted by atomic mass is 9.47. The van der Waals surface area contributed by atoms with Gasteiger partial charge >= 0.3 is 0 Å². The van der Waals surface area contributed by atoms with E-state index < -0.39 is 0 Å². The molecular weight excluding hydrogens is 256 g/mol. The second-order valence-corrected chi connectivity index (χ2v) is 9.27. The summed E-state index contributed by atoms with van der Waals surface area (Å²) in [6, 6.07) is 0.805. The summed E-state index contributed by atoms with van der Waals surface area (Å²) in [7, 11) is 0. The highest BCUT2D eigenvalue weighted by Gasteiger charge is 2.54. The molecule has 4 aliphatic carbocycles. The van der Waals surface area contributed by atoms with E-state index in [1.165, 1.54) is 26.1 Å². The highest BCUT2D eigenvalue weighted by atomic mass is 15.2. The fourth-order valence-electron chi connectivity index (χ4n) is 6.73. The van der Waals surface area contributed by atoms with Crippen LogP contribution in [0.4, 0.5) is 0 Å². The van der Waals surface area contributed by atoms with E-state index in [9.17, 15) is 0 Å². The SMILES string of the molecule is CCC1(C)CN(C(C)C23CC4CC(CC(C4)C2)C3)CCN1. The van der Waals surface area contributed by atoms with Crippen LogP contribution in [-0.2, 0) is 0 Å². The maximum absolute atomic E-state index is 3.76. The molecule has 0 aromatic carbocycles. The lowest BCUT2D eigenvalue weighted by Crippen LogP contribution is -2.64. The molecule has 2 unspecified atom stereocenters. The lowest BCUT2D eigenvalue weighted by molar-refractivity contribution is -0.103. The summed E-state index contributed by atoms with van der Waals surface area (Å²) in [6.07, 6.45) is 10.6. The minimum absolute atomic E-state index is 0.342. The number of hydrogen-bond acceptors (Lipinski definition) is 2. The zero-order valence-electron chi connectivity index (χ0n) is 14.3. The largest absolute Gasteiger partial charge is 0.309 e. The van der Waals surface area contributed by atoms with Crippen LogP contribution in [0.25, 0.3) is 0 Å². The molecule has 1 aliphatic heterocycles. The summed E-state index contributed by atoms with van der Waals surface area (Å²) in [4.78, 5) is 2.85. The average molecular weight is 290 g/mol. The molecule has 0 amide bonds. The van der Waals surface area contributed by atoms with Crippen molar-refractivity contribution in [1.82, 2.24) is 10.2 Å². The van der Waals surface area contributed by atoms with E-state index in [2.05, 4.69) is 31.0 Å². The Morgan fingerprint density at radius 3 is 2.19 bits per heavy atom. The number of nitrogens with zero attached hydrogens (tertiary/aromatic N) is 1. The van der Waals surface area contributed by atoms with E-state index in [1.54, 1.807) is 38.5 Å². The molecular formula is C19H34N2. The average Bonchev–Trinajstić information content (AvgIpc) is 2.45. The van der Waals surface area contributed by atoms with Gasteiger partial charge in [0.05, 0.1) is 0 Å². The Morgan fingerprint density at radius 1 is 1.10 bits per heavy atom. The highest BCUT2D eigenvalue weighted by Crippen LogP contribution is 2.62. The van der Waals surface area contributed by atoms with Crippen molar-refractivity contribution in [3.05, 3.63) is 0 Å². The quantitative estimate of drug-likeness (QED) is 0.853. The molecule has 5 rings (SSSR count). The Bertz CT molecular complexity index is 369. The van der Waals surface area contributed by atoms with Crippen LogP contribution in [-0.4, -0.2) is 36.1 Å². The summed E-state index contributed by atoms with van der Waals surface area (Å²) in [5, 5.41) is 3.76. The third-order valence-electron chi connectivity index (χ3n) is 7.80. The van der Waals surface area contributed by atoms with E-state index in [-0.39, 0.29) is 0 Å². The molecule has 2 heteroatoms. The number of piperazine rings is 1. The minimum Gasteiger partial charge on any atom is -0.309 e. The standard InChI is InChI=1S/C19H34N2/c1-4-18(3)13-21(6-5-20-18)14(2)19-10-15-7-16(11-19)9-17(8-15)12-19/h14-17,20H,4-13H2,1-3H3. The predicted octanol–water partition coefficient (Wildman–Crippen LogP) is 3.67. The number of nitrogens with one attached hydrogen (secondary N) is 1. The summed E-state index contributed by atoms with van der Waals surface area (Å²) in [6.45, 7) is 11.0. The third-order valence-corrected chi connectivity index (χ3v) is 7.80. The lowest BCUT2D eigenvalue weighted by Gasteiger charge is -2.61. The summed E-state index contributed by atoms with van der Waals surface area (Å²) in [5.74, 6) is 3.25.